The van der Waals surface area contributed by atoms with Gasteiger partial charge < -0.3 is 14.8 Å². The molecule has 0 radical (unpaired) electrons. The second kappa shape index (κ2) is 11.3. The predicted molar refractivity (Wildman–Crippen MR) is 97.4 cm³/mol. The molecule has 138 valence electrons. The van der Waals surface area contributed by atoms with Crippen LogP contribution in [0.4, 0.5) is 0 Å². The number of carbonyl (C=O) groups excluding carboxylic acids is 2. The molecule has 1 aromatic rings. The Balaban J connectivity index is 2.73. The van der Waals surface area contributed by atoms with Crippen LogP contribution in [-0.2, 0) is 9.59 Å². The van der Waals surface area contributed by atoms with E-state index in [4.69, 9.17) is 21.1 Å². The highest BCUT2D eigenvalue weighted by Crippen LogP contribution is 2.36. The Labute approximate surface area is 152 Å². The summed E-state index contributed by atoms with van der Waals surface area (Å²) < 4.78 is 11.0. The molecule has 0 aliphatic heterocycles. The fourth-order valence-electron chi connectivity index (χ4n) is 1.89. The molecule has 0 aliphatic carbocycles. The summed E-state index contributed by atoms with van der Waals surface area (Å²) in [6.07, 6.45) is 3.12. The summed E-state index contributed by atoms with van der Waals surface area (Å²) in [7, 11) is 0. The van der Waals surface area contributed by atoms with Crippen LogP contribution in [-0.4, -0.2) is 37.8 Å². The molecule has 2 N–H and O–H groups in total. The van der Waals surface area contributed by atoms with Gasteiger partial charge in [0.15, 0.2) is 11.5 Å². The van der Waals surface area contributed by atoms with Crippen molar-refractivity contribution in [3.05, 3.63) is 22.7 Å². The van der Waals surface area contributed by atoms with Crippen molar-refractivity contribution < 1.29 is 19.1 Å². The zero-order valence-corrected chi connectivity index (χ0v) is 15.5. The number of benzene rings is 1. The molecule has 0 atom stereocenters. The monoisotopic (exact) mass is 369 g/mol. The first kappa shape index (κ1) is 20.8. The maximum absolute atomic E-state index is 11.6. The molecule has 0 aromatic heterocycles. The zero-order valence-electron chi connectivity index (χ0n) is 14.7. The lowest BCUT2D eigenvalue weighted by atomic mass is 10.2. The van der Waals surface area contributed by atoms with Gasteiger partial charge in [-0.25, -0.2) is 5.43 Å². The lowest BCUT2D eigenvalue weighted by molar-refractivity contribution is -0.139. The first-order valence-electron chi connectivity index (χ1n) is 8.23. The van der Waals surface area contributed by atoms with Gasteiger partial charge >= 0.3 is 11.8 Å². The quantitative estimate of drug-likeness (QED) is 0.303. The summed E-state index contributed by atoms with van der Waals surface area (Å²) in [6, 6.07) is 3.32. The zero-order chi connectivity index (χ0) is 18.7. The van der Waals surface area contributed by atoms with Crippen LogP contribution in [0, 0.1) is 0 Å². The second-order valence-corrected chi connectivity index (χ2v) is 5.41. The van der Waals surface area contributed by atoms with E-state index < -0.39 is 11.8 Å². The molecule has 0 bridgehead atoms. The van der Waals surface area contributed by atoms with E-state index >= 15 is 0 Å². The van der Waals surface area contributed by atoms with E-state index in [0.717, 1.165) is 12.8 Å². The van der Waals surface area contributed by atoms with Crippen molar-refractivity contribution in [2.75, 3.05) is 19.8 Å². The van der Waals surface area contributed by atoms with E-state index in [0.29, 0.717) is 41.8 Å². The molecule has 0 unspecified atom stereocenters. The van der Waals surface area contributed by atoms with Gasteiger partial charge in [0.25, 0.3) is 0 Å². The van der Waals surface area contributed by atoms with E-state index in [1.54, 1.807) is 12.1 Å². The normalized spacial score (nSPS) is 10.6. The van der Waals surface area contributed by atoms with Crippen molar-refractivity contribution >= 4 is 29.6 Å². The molecule has 1 rings (SSSR count). The van der Waals surface area contributed by atoms with Crippen molar-refractivity contribution in [1.82, 2.24) is 10.7 Å². The van der Waals surface area contributed by atoms with Gasteiger partial charge in [-0.2, -0.15) is 5.10 Å². The maximum atomic E-state index is 11.6. The molecule has 0 saturated carbocycles. The number of nitrogens with one attached hydrogen (secondary N) is 2. The van der Waals surface area contributed by atoms with Gasteiger partial charge in [-0.1, -0.05) is 24.9 Å². The van der Waals surface area contributed by atoms with E-state index in [-0.39, 0.29) is 0 Å². The number of amides is 2. The summed E-state index contributed by atoms with van der Waals surface area (Å²) in [5.41, 5.74) is 2.77. The molecule has 8 heteroatoms. The molecule has 0 fully saturated rings. The Morgan fingerprint density at radius 1 is 1.16 bits per heavy atom. The fourth-order valence-corrected chi connectivity index (χ4v) is 2.16. The van der Waals surface area contributed by atoms with Crippen LogP contribution in [0.5, 0.6) is 11.5 Å². The highest BCUT2D eigenvalue weighted by Gasteiger charge is 2.13. The summed E-state index contributed by atoms with van der Waals surface area (Å²) in [4.78, 5) is 23.1. The van der Waals surface area contributed by atoms with Crippen molar-refractivity contribution in [2.45, 2.75) is 33.6 Å². The minimum absolute atomic E-state index is 0.373. The van der Waals surface area contributed by atoms with Crippen LogP contribution in [0.3, 0.4) is 0 Å². The van der Waals surface area contributed by atoms with E-state index in [1.807, 2.05) is 20.8 Å². The van der Waals surface area contributed by atoms with Gasteiger partial charge in [0.1, 0.15) is 0 Å². The maximum Gasteiger partial charge on any atom is 0.329 e. The largest absolute Gasteiger partial charge is 0.490 e. The molecule has 0 saturated heterocycles. The third kappa shape index (κ3) is 7.01. The third-order valence-electron chi connectivity index (χ3n) is 3.02. The van der Waals surface area contributed by atoms with Crippen LogP contribution in [0.15, 0.2) is 17.2 Å². The first-order valence-corrected chi connectivity index (χ1v) is 8.61. The lowest BCUT2D eigenvalue weighted by Crippen LogP contribution is -2.38. The van der Waals surface area contributed by atoms with Gasteiger partial charge in [0.2, 0.25) is 0 Å². The average molecular weight is 370 g/mol. The van der Waals surface area contributed by atoms with Crippen molar-refractivity contribution in [2.24, 2.45) is 5.10 Å². The lowest BCUT2D eigenvalue weighted by Gasteiger charge is -2.13. The van der Waals surface area contributed by atoms with Crippen LogP contribution in [0.25, 0.3) is 0 Å². The number of hydrogen-bond acceptors (Lipinski definition) is 5. The number of nitrogens with zero attached hydrogens (tertiary/aromatic N) is 1. The Kier molecular flexibility index (Phi) is 9.39. The molecule has 0 heterocycles. The molecular formula is C17H24ClN3O4. The van der Waals surface area contributed by atoms with Crippen molar-refractivity contribution in [1.29, 1.82) is 0 Å². The highest BCUT2D eigenvalue weighted by atomic mass is 35.5. The minimum Gasteiger partial charge on any atom is -0.490 e. The number of hydrazone groups is 1. The number of hydrogen-bond donors (Lipinski definition) is 2. The van der Waals surface area contributed by atoms with E-state index in [1.165, 1.54) is 6.21 Å². The number of ether oxygens (including phenoxy) is 2. The van der Waals surface area contributed by atoms with Gasteiger partial charge in [-0.05, 0) is 38.0 Å². The Morgan fingerprint density at radius 3 is 2.52 bits per heavy atom. The fraction of sp³-hybridized carbons (Fsp3) is 0.471. The summed E-state index contributed by atoms with van der Waals surface area (Å²) in [5.74, 6) is -0.593. The Bertz CT molecular complexity index is 620. The van der Waals surface area contributed by atoms with Gasteiger partial charge in [-0.3, -0.25) is 9.59 Å². The Hall–Kier alpha value is -2.28. The number of halogens is 1. The second-order valence-electron chi connectivity index (χ2n) is 5.00. The van der Waals surface area contributed by atoms with Crippen LogP contribution >= 0.6 is 11.6 Å². The number of unbranched alkanes of at least 4 members (excludes halogenated alkanes) is 1. The molecule has 25 heavy (non-hydrogen) atoms. The van der Waals surface area contributed by atoms with Gasteiger partial charge in [0, 0.05) is 6.54 Å². The van der Waals surface area contributed by atoms with Crippen LogP contribution < -0.4 is 20.2 Å². The van der Waals surface area contributed by atoms with Gasteiger partial charge in [-0.15, -0.1) is 0 Å². The highest BCUT2D eigenvalue weighted by molar-refractivity contribution is 6.35. The Morgan fingerprint density at radius 2 is 1.88 bits per heavy atom. The van der Waals surface area contributed by atoms with Crippen molar-refractivity contribution in [3.8, 4) is 11.5 Å². The molecule has 2 amide bonds. The van der Waals surface area contributed by atoms with Crippen molar-refractivity contribution in [3.63, 3.8) is 0 Å². The summed E-state index contributed by atoms with van der Waals surface area (Å²) in [6.45, 7) is 7.06. The SMILES string of the molecule is CCCCNC(=O)C(=O)N/N=C\c1cc(Cl)c(OCC)c(OCC)c1. The number of rotatable bonds is 9. The standard InChI is InChI=1S/C17H24ClN3O4/c1-4-7-8-19-16(22)17(23)21-20-11-12-9-13(18)15(25-6-3)14(10-12)24-5-2/h9-11H,4-8H2,1-3H3,(H,19,22)(H,21,23)/b20-11-. The van der Waals surface area contributed by atoms with Crippen LogP contribution in [0.2, 0.25) is 5.02 Å². The first-order chi connectivity index (χ1) is 12.0. The molecule has 0 spiro atoms. The molecule has 1 aromatic carbocycles. The smallest absolute Gasteiger partial charge is 0.329 e. The topological polar surface area (TPSA) is 89.0 Å². The van der Waals surface area contributed by atoms with E-state index in [2.05, 4.69) is 15.8 Å². The predicted octanol–water partition coefficient (Wildman–Crippen LogP) is 2.50. The van der Waals surface area contributed by atoms with Crippen LogP contribution in [0.1, 0.15) is 39.2 Å². The average Bonchev–Trinajstić information content (AvgIpc) is 2.58. The minimum atomic E-state index is -0.825. The van der Waals surface area contributed by atoms with Gasteiger partial charge in [0.05, 0.1) is 24.5 Å². The molecule has 7 nitrogen and oxygen atoms in total. The summed E-state index contributed by atoms with van der Waals surface area (Å²) >= 11 is 6.19. The molecule has 0 aliphatic rings. The van der Waals surface area contributed by atoms with E-state index in [9.17, 15) is 9.59 Å². The number of carbonyl (C=O) groups is 2. The summed E-state index contributed by atoms with van der Waals surface area (Å²) in [5, 5.41) is 6.65. The molecular weight excluding hydrogens is 346 g/mol. The third-order valence-corrected chi connectivity index (χ3v) is 3.30.